The van der Waals surface area contributed by atoms with Gasteiger partial charge in [0.2, 0.25) is 10.0 Å². The van der Waals surface area contributed by atoms with Crippen LogP contribution in [0.15, 0.2) is 70.5 Å². The van der Waals surface area contributed by atoms with E-state index in [1.54, 1.807) is 18.2 Å². The number of amides is 1. The highest BCUT2D eigenvalue weighted by Gasteiger charge is 2.34. The number of anilines is 1. The van der Waals surface area contributed by atoms with Gasteiger partial charge in [-0.3, -0.25) is 9.52 Å². The molecule has 1 aliphatic heterocycles. The van der Waals surface area contributed by atoms with Gasteiger partial charge in [0.15, 0.2) is 0 Å². The van der Waals surface area contributed by atoms with Gasteiger partial charge in [0, 0.05) is 17.7 Å². The number of nitrogens with zero attached hydrogens (tertiary/aromatic N) is 2. The van der Waals surface area contributed by atoms with Crippen LogP contribution in [-0.4, -0.2) is 31.3 Å². The maximum atomic E-state index is 13.3. The number of benzene rings is 2. The van der Waals surface area contributed by atoms with Crippen LogP contribution in [0.2, 0.25) is 0 Å². The molecule has 0 bridgehead atoms. The van der Waals surface area contributed by atoms with Crippen molar-refractivity contribution in [1.82, 2.24) is 5.01 Å². The standard InChI is InChI=1S/C21H18FN3O3S2/c1-30(27,28)24-18-4-2-3-15(11-18)19-12-20(16-9-10-29-13-16)25(23-19)21(26)14-5-7-17(22)8-6-14/h2-11,13,20,24H,12H2,1H3/t20-/m1/s1. The fraction of sp³-hybridized carbons (Fsp3) is 0.143. The number of carbonyl (C=O) groups excluding carboxylic acids is 1. The Balaban J connectivity index is 1.69. The van der Waals surface area contributed by atoms with E-state index in [9.17, 15) is 17.6 Å². The third kappa shape index (κ3) is 4.42. The molecule has 0 spiro atoms. The molecule has 1 aliphatic rings. The third-order valence-electron chi connectivity index (χ3n) is 4.64. The van der Waals surface area contributed by atoms with Gasteiger partial charge in [0.1, 0.15) is 5.82 Å². The molecule has 2 heterocycles. The number of halogens is 1. The Hall–Kier alpha value is -3.04. The number of hydrogen-bond acceptors (Lipinski definition) is 5. The monoisotopic (exact) mass is 443 g/mol. The van der Waals surface area contributed by atoms with Gasteiger partial charge in [0.25, 0.3) is 5.91 Å². The van der Waals surface area contributed by atoms with Crippen molar-refractivity contribution < 1.29 is 17.6 Å². The van der Waals surface area contributed by atoms with Crippen molar-refractivity contribution in [2.24, 2.45) is 5.10 Å². The Kier molecular flexibility index (Phi) is 5.40. The molecule has 154 valence electrons. The minimum absolute atomic E-state index is 0.296. The molecule has 0 fully saturated rings. The van der Waals surface area contributed by atoms with Gasteiger partial charge in [-0.05, 0) is 64.4 Å². The number of thiophene rings is 1. The molecule has 0 aliphatic carbocycles. The lowest BCUT2D eigenvalue weighted by Crippen LogP contribution is -2.26. The largest absolute Gasteiger partial charge is 0.284 e. The molecule has 6 nitrogen and oxygen atoms in total. The first-order chi connectivity index (χ1) is 14.3. The molecule has 4 rings (SSSR count). The van der Waals surface area contributed by atoms with E-state index >= 15 is 0 Å². The number of hydrazone groups is 1. The molecule has 1 N–H and O–H groups in total. The van der Waals surface area contributed by atoms with E-state index in [1.165, 1.54) is 40.6 Å². The highest BCUT2D eigenvalue weighted by molar-refractivity contribution is 7.92. The second-order valence-corrected chi connectivity index (χ2v) is 9.46. The molecular weight excluding hydrogens is 425 g/mol. The number of sulfonamides is 1. The minimum atomic E-state index is -3.41. The number of nitrogens with one attached hydrogen (secondary N) is 1. The summed E-state index contributed by atoms with van der Waals surface area (Å²) in [6.07, 6.45) is 1.56. The summed E-state index contributed by atoms with van der Waals surface area (Å²) >= 11 is 1.53. The van der Waals surface area contributed by atoms with Gasteiger partial charge in [-0.1, -0.05) is 12.1 Å². The summed E-state index contributed by atoms with van der Waals surface area (Å²) in [5, 5.41) is 9.89. The second-order valence-electron chi connectivity index (χ2n) is 6.93. The maximum absolute atomic E-state index is 13.3. The summed E-state index contributed by atoms with van der Waals surface area (Å²) < 4.78 is 38.8. The van der Waals surface area contributed by atoms with Gasteiger partial charge in [0.05, 0.1) is 18.0 Å². The Bertz CT molecular complexity index is 1210. The molecule has 30 heavy (non-hydrogen) atoms. The first-order valence-electron chi connectivity index (χ1n) is 9.07. The lowest BCUT2D eigenvalue weighted by Gasteiger charge is -2.21. The number of carbonyl (C=O) groups is 1. The topological polar surface area (TPSA) is 78.8 Å². The SMILES string of the molecule is CS(=O)(=O)Nc1cccc(C2=NN(C(=O)c3ccc(F)cc3)[C@@H](c3ccsc3)C2)c1. The minimum Gasteiger partial charge on any atom is -0.284 e. The molecule has 0 radical (unpaired) electrons. The van der Waals surface area contributed by atoms with Crippen molar-refractivity contribution in [2.75, 3.05) is 11.0 Å². The first-order valence-corrected chi connectivity index (χ1v) is 11.9. The Morgan fingerprint density at radius 1 is 1.20 bits per heavy atom. The fourth-order valence-corrected chi connectivity index (χ4v) is 4.56. The van der Waals surface area contributed by atoms with Gasteiger partial charge >= 0.3 is 0 Å². The van der Waals surface area contributed by atoms with Gasteiger partial charge < -0.3 is 0 Å². The molecule has 1 aromatic heterocycles. The van der Waals surface area contributed by atoms with Gasteiger partial charge in [-0.2, -0.15) is 16.4 Å². The summed E-state index contributed by atoms with van der Waals surface area (Å²) in [7, 11) is -3.41. The number of rotatable bonds is 5. The highest BCUT2D eigenvalue weighted by atomic mass is 32.2. The van der Waals surface area contributed by atoms with Crippen LogP contribution in [0.25, 0.3) is 0 Å². The van der Waals surface area contributed by atoms with Crippen molar-refractivity contribution in [3.63, 3.8) is 0 Å². The summed E-state index contributed by atoms with van der Waals surface area (Å²) in [5.74, 6) is -0.742. The quantitative estimate of drug-likeness (QED) is 0.640. The van der Waals surface area contributed by atoms with E-state index in [0.29, 0.717) is 23.4 Å². The van der Waals surface area contributed by atoms with E-state index in [-0.39, 0.29) is 11.9 Å². The molecule has 0 unspecified atom stereocenters. The van der Waals surface area contributed by atoms with E-state index in [0.717, 1.165) is 17.4 Å². The van der Waals surface area contributed by atoms with Crippen LogP contribution in [0, 0.1) is 5.82 Å². The van der Waals surface area contributed by atoms with Crippen LogP contribution >= 0.6 is 11.3 Å². The maximum Gasteiger partial charge on any atom is 0.274 e. The molecule has 3 aromatic rings. The van der Waals surface area contributed by atoms with Crippen molar-refractivity contribution in [2.45, 2.75) is 12.5 Å². The van der Waals surface area contributed by atoms with Gasteiger partial charge in [-0.25, -0.2) is 17.8 Å². The summed E-state index contributed by atoms with van der Waals surface area (Å²) in [6.45, 7) is 0. The average molecular weight is 444 g/mol. The molecule has 1 atom stereocenters. The van der Waals surface area contributed by atoms with Crippen molar-refractivity contribution in [1.29, 1.82) is 0 Å². The van der Waals surface area contributed by atoms with Crippen LogP contribution < -0.4 is 4.72 Å². The van der Waals surface area contributed by atoms with Crippen LogP contribution in [0.3, 0.4) is 0 Å². The van der Waals surface area contributed by atoms with Crippen molar-refractivity contribution >= 4 is 38.7 Å². The lowest BCUT2D eigenvalue weighted by molar-refractivity contribution is 0.0711. The van der Waals surface area contributed by atoms with E-state index in [1.807, 2.05) is 22.9 Å². The predicted molar refractivity (Wildman–Crippen MR) is 116 cm³/mol. The Labute approximate surface area is 177 Å². The Morgan fingerprint density at radius 3 is 2.63 bits per heavy atom. The molecule has 2 aromatic carbocycles. The molecule has 9 heteroatoms. The zero-order valence-corrected chi connectivity index (χ0v) is 17.6. The first kappa shape index (κ1) is 20.2. The Morgan fingerprint density at radius 2 is 1.97 bits per heavy atom. The molecular formula is C21H18FN3O3S2. The third-order valence-corrected chi connectivity index (χ3v) is 5.94. The van der Waals surface area contributed by atoms with Crippen LogP contribution in [0.4, 0.5) is 10.1 Å². The summed E-state index contributed by atoms with van der Waals surface area (Å²) in [6, 6.07) is 13.9. The molecule has 0 saturated heterocycles. The van der Waals surface area contributed by atoms with E-state index in [4.69, 9.17) is 0 Å². The van der Waals surface area contributed by atoms with E-state index in [2.05, 4.69) is 9.82 Å². The van der Waals surface area contributed by atoms with Crippen molar-refractivity contribution in [3.8, 4) is 0 Å². The zero-order chi connectivity index (χ0) is 21.3. The van der Waals surface area contributed by atoms with Crippen LogP contribution in [0.1, 0.15) is 33.9 Å². The van der Waals surface area contributed by atoms with Crippen LogP contribution in [-0.2, 0) is 10.0 Å². The zero-order valence-electron chi connectivity index (χ0n) is 15.9. The number of hydrogen-bond donors (Lipinski definition) is 1. The van der Waals surface area contributed by atoms with Gasteiger partial charge in [-0.15, -0.1) is 0 Å². The van der Waals surface area contributed by atoms with E-state index < -0.39 is 15.8 Å². The highest BCUT2D eigenvalue weighted by Crippen LogP contribution is 2.35. The molecule has 0 saturated carbocycles. The summed E-state index contributed by atoms with van der Waals surface area (Å²) in [5.41, 5.74) is 3.11. The fourth-order valence-electron chi connectivity index (χ4n) is 3.30. The summed E-state index contributed by atoms with van der Waals surface area (Å²) in [4.78, 5) is 13.1. The predicted octanol–water partition coefficient (Wildman–Crippen LogP) is 4.25. The van der Waals surface area contributed by atoms with Crippen molar-refractivity contribution in [3.05, 3.63) is 87.9 Å². The smallest absolute Gasteiger partial charge is 0.274 e. The molecule has 1 amide bonds. The second kappa shape index (κ2) is 8.00. The van der Waals surface area contributed by atoms with Crippen LogP contribution in [0.5, 0.6) is 0 Å². The lowest BCUT2D eigenvalue weighted by atomic mass is 10.00. The normalized spacial score (nSPS) is 16.4. The average Bonchev–Trinajstić information content (AvgIpc) is 3.37.